The molecule has 5 heteroatoms. The molecule has 1 heterocycles. The molecular weight excluding hydrogens is 316 g/mol. The molecule has 0 bridgehead atoms. The Morgan fingerprint density at radius 2 is 1.76 bits per heavy atom. The van der Waals surface area contributed by atoms with Crippen molar-refractivity contribution in [1.29, 1.82) is 0 Å². The van der Waals surface area contributed by atoms with Crippen LogP contribution in [0.1, 0.15) is 32.0 Å². The molecule has 0 saturated carbocycles. The Labute approximate surface area is 145 Å². The Balaban J connectivity index is 1.64. The first kappa shape index (κ1) is 16.5. The summed E-state index contributed by atoms with van der Waals surface area (Å²) in [6.07, 6.45) is 1.48. The fourth-order valence-corrected chi connectivity index (χ4v) is 2.45. The van der Waals surface area contributed by atoms with Crippen molar-refractivity contribution in [1.82, 2.24) is 5.32 Å². The summed E-state index contributed by atoms with van der Waals surface area (Å²) in [6.45, 7) is 2.07. The Morgan fingerprint density at radius 3 is 2.48 bits per heavy atom. The first-order valence-electron chi connectivity index (χ1n) is 7.91. The Hall–Kier alpha value is -3.34. The summed E-state index contributed by atoms with van der Waals surface area (Å²) in [5.74, 6) is 0.184. The minimum atomic E-state index is -0.203. The lowest BCUT2D eigenvalue weighted by atomic mass is 10.1. The molecule has 1 aromatic heterocycles. The lowest BCUT2D eigenvalue weighted by molar-refractivity contribution is 0.0949. The topological polar surface area (TPSA) is 71.3 Å². The number of para-hydroxylation sites is 1. The maximum atomic E-state index is 12.3. The molecular formula is C20H18N2O3. The quantitative estimate of drug-likeness (QED) is 0.746. The largest absolute Gasteiger partial charge is 0.469 e. The molecule has 2 aromatic carbocycles. The summed E-state index contributed by atoms with van der Waals surface area (Å²) in [6, 6.07) is 18.1. The normalized spacial score (nSPS) is 10.3. The monoisotopic (exact) mass is 334 g/mol. The van der Waals surface area contributed by atoms with Crippen molar-refractivity contribution in [3.63, 3.8) is 0 Å². The van der Waals surface area contributed by atoms with Gasteiger partial charge in [-0.25, -0.2) is 0 Å². The first-order chi connectivity index (χ1) is 12.1. The van der Waals surface area contributed by atoms with Crippen LogP contribution in [0.25, 0.3) is 0 Å². The predicted octanol–water partition coefficient (Wildman–Crippen LogP) is 3.77. The average molecular weight is 334 g/mol. The van der Waals surface area contributed by atoms with Crippen LogP contribution in [-0.4, -0.2) is 11.8 Å². The predicted molar refractivity (Wildman–Crippen MR) is 95.5 cm³/mol. The molecule has 0 aliphatic rings. The summed E-state index contributed by atoms with van der Waals surface area (Å²) in [5, 5.41) is 5.67. The highest BCUT2D eigenvalue weighted by atomic mass is 16.3. The van der Waals surface area contributed by atoms with Crippen LogP contribution in [0.5, 0.6) is 0 Å². The van der Waals surface area contributed by atoms with Crippen LogP contribution >= 0.6 is 0 Å². The van der Waals surface area contributed by atoms with Gasteiger partial charge in [0.05, 0.1) is 11.8 Å². The molecule has 2 amide bonds. The van der Waals surface area contributed by atoms with Crippen molar-refractivity contribution < 1.29 is 14.0 Å². The third kappa shape index (κ3) is 4.14. The summed E-state index contributed by atoms with van der Waals surface area (Å²) in [5.41, 5.74) is 2.63. The molecule has 0 radical (unpaired) electrons. The molecule has 0 aliphatic heterocycles. The van der Waals surface area contributed by atoms with Crippen LogP contribution in [0.3, 0.4) is 0 Å². The Morgan fingerprint density at radius 1 is 0.960 bits per heavy atom. The van der Waals surface area contributed by atoms with E-state index in [2.05, 4.69) is 10.6 Å². The molecule has 0 unspecified atom stereocenters. The van der Waals surface area contributed by atoms with Crippen molar-refractivity contribution in [3.05, 3.63) is 89.4 Å². The van der Waals surface area contributed by atoms with Gasteiger partial charge in [0.15, 0.2) is 0 Å². The molecule has 0 aliphatic carbocycles. The van der Waals surface area contributed by atoms with E-state index in [9.17, 15) is 9.59 Å². The molecule has 0 saturated heterocycles. The van der Waals surface area contributed by atoms with Gasteiger partial charge in [0.2, 0.25) is 0 Å². The third-order valence-corrected chi connectivity index (χ3v) is 3.78. The van der Waals surface area contributed by atoms with Gasteiger partial charge < -0.3 is 15.1 Å². The van der Waals surface area contributed by atoms with Gasteiger partial charge in [-0.1, -0.05) is 30.3 Å². The minimum Gasteiger partial charge on any atom is -0.469 e. The van der Waals surface area contributed by atoms with Gasteiger partial charge in [-0.05, 0) is 42.8 Å². The van der Waals surface area contributed by atoms with Gasteiger partial charge in [-0.3, -0.25) is 9.59 Å². The highest BCUT2D eigenvalue weighted by molar-refractivity contribution is 6.04. The van der Waals surface area contributed by atoms with Gasteiger partial charge in [0.1, 0.15) is 5.76 Å². The van der Waals surface area contributed by atoms with Crippen LogP contribution in [-0.2, 0) is 6.54 Å². The van der Waals surface area contributed by atoms with Crippen molar-refractivity contribution in [2.75, 3.05) is 5.32 Å². The molecule has 2 N–H and O–H groups in total. The van der Waals surface area contributed by atoms with E-state index in [-0.39, 0.29) is 11.8 Å². The number of aryl methyl sites for hydroxylation is 1. The van der Waals surface area contributed by atoms with Crippen LogP contribution in [0.4, 0.5) is 5.69 Å². The number of hydrogen-bond donors (Lipinski definition) is 2. The molecule has 0 spiro atoms. The number of amides is 2. The molecule has 3 aromatic rings. The molecule has 5 nitrogen and oxygen atoms in total. The second-order valence-electron chi connectivity index (χ2n) is 5.59. The number of carbonyl (C=O) groups excluding carboxylic acids is 2. The van der Waals surface area contributed by atoms with Crippen LogP contribution < -0.4 is 10.6 Å². The average Bonchev–Trinajstić information content (AvgIpc) is 3.07. The number of carbonyl (C=O) groups is 2. The number of nitrogens with one attached hydrogen (secondary N) is 2. The zero-order valence-electron chi connectivity index (χ0n) is 13.8. The van der Waals surface area contributed by atoms with E-state index in [1.54, 1.807) is 31.2 Å². The minimum absolute atomic E-state index is 0.190. The molecule has 25 heavy (non-hydrogen) atoms. The van der Waals surface area contributed by atoms with E-state index in [1.165, 1.54) is 6.26 Å². The highest BCUT2D eigenvalue weighted by Crippen LogP contribution is 2.12. The van der Waals surface area contributed by atoms with Gasteiger partial charge in [-0.2, -0.15) is 0 Å². The summed E-state index contributed by atoms with van der Waals surface area (Å²) in [7, 11) is 0. The number of rotatable bonds is 5. The maximum absolute atomic E-state index is 12.3. The Kier molecular flexibility index (Phi) is 4.95. The van der Waals surface area contributed by atoms with Crippen LogP contribution in [0.2, 0.25) is 0 Å². The number of furan rings is 1. The van der Waals surface area contributed by atoms with Gasteiger partial charge in [0.25, 0.3) is 11.8 Å². The van der Waals surface area contributed by atoms with E-state index in [1.807, 2.05) is 36.4 Å². The van der Waals surface area contributed by atoms with E-state index in [4.69, 9.17) is 4.42 Å². The first-order valence-corrected chi connectivity index (χ1v) is 7.91. The highest BCUT2D eigenvalue weighted by Gasteiger charge is 2.11. The SMILES string of the molecule is Cc1occc1C(=O)NCc1cccc(C(=O)Nc2ccccc2)c1. The summed E-state index contributed by atoms with van der Waals surface area (Å²) >= 11 is 0. The molecule has 3 rings (SSSR count). The van der Waals surface area contributed by atoms with Crippen LogP contribution in [0, 0.1) is 6.92 Å². The standard InChI is InChI=1S/C20H18N2O3/c1-14-18(10-11-25-14)20(24)21-13-15-6-5-7-16(12-15)19(23)22-17-8-3-2-4-9-17/h2-12H,13H2,1H3,(H,21,24)(H,22,23). The van der Waals surface area contributed by atoms with Gasteiger partial charge >= 0.3 is 0 Å². The van der Waals surface area contributed by atoms with E-state index < -0.39 is 0 Å². The fourth-order valence-electron chi connectivity index (χ4n) is 2.45. The second-order valence-corrected chi connectivity index (χ2v) is 5.59. The molecule has 0 atom stereocenters. The van der Waals surface area contributed by atoms with Crippen molar-refractivity contribution in [3.8, 4) is 0 Å². The van der Waals surface area contributed by atoms with Gasteiger partial charge in [-0.15, -0.1) is 0 Å². The zero-order chi connectivity index (χ0) is 17.6. The smallest absolute Gasteiger partial charge is 0.255 e. The third-order valence-electron chi connectivity index (χ3n) is 3.78. The zero-order valence-corrected chi connectivity index (χ0v) is 13.8. The van der Waals surface area contributed by atoms with Gasteiger partial charge in [0, 0.05) is 17.8 Å². The maximum Gasteiger partial charge on any atom is 0.255 e. The van der Waals surface area contributed by atoms with Crippen LogP contribution in [0.15, 0.2) is 71.3 Å². The number of benzene rings is 2. The van der Waals surface area contributed by atoms with Crippen molar-refractivity contribution in [2.24, 2.45) is 0 Å². The lowest BCUT2D eigenvalue weighted by Gasteiger charge is -2.08. The molecule has 0 fully saturated rings. The molecule has 126 valence electrons. The van der Waals surface area contributed by atoms with Crippen molar-refractivity contribution >= 4 is 17.5 Å². The lowest BCUT2D eigenvalue weighted by Crippen LogP contribution is -2.23. The fraction of sp³-hybridized carbons (Fsp3) is 0.100. The van der Waals surface area contributed by atoms with Crippen molar-refractivity contribution in [2.45, 2.75) is 13.5 Å². The van der Waals surface area contributed by atoms with E-state index in [0.29, 0.717) is 23.4 Å². The number of anilines is 1. The van der Waals surface area contributed by atoms with E-state index >= 15 is 0 Å². The summed E-state index contributed by atoms with van der Waals surface area (Å²) in [4.78, 5) is 24.4. The summed E-state index contributed by atoms with van der Waals surface area (Å²) < 4.78 is 5.13. The number of hydrogen-bond acceptors (Lipinski definition) is 3. The second kappa shape index (κ2) is 7.49. The van der Waals surface area contributed by atoms with E-state index in [0.717, 1.165) is 11.3 Å². The Bertz CT molecular complexity index is 885.